The smallest absolute Gasteiger partial charge is 0.126 e. The maximum atomic E-state index is 10.8. The zero-order chi connectivity index (χ0) is 8.54. The summed E-state index contributed by atoms with van der Waals surface area (Å²) in [5.41, 5.74) is 0.211. The monoisotopic (exact) mass is 174 g/mol. The molecule has 1 rings (SSSR count). The molecular formula is C9H15ClO. The van der Waals surface area contributed by atoms with Crippen LogP contribution in [0.3, 0.4) is 0 Å². The van der Waals surface area contributed by atoms with Crippen LogP contribution < -0.4 is 0 Å². The van der Waals surface area contributed by atoms with Crippen molar-refractivity contribution in [3.05, 3.63) is 0 Å². The van der Waals surface area contributed by atoms with Gasteiger partial charge in [0, 0.05) is 11.3 Å². The number of alkyl halides is 1. The number of aldehydes is 1. The van der Waals surface area contributed by atoms with Crippen LogP contribution in [-0.2, 0) is 4.79 Å². The normalized spacial score (nSPS) is 33.4. The van der Waals surface area contributed by atoms with Gasteiger partial charge in [0.25, 0.3) is 0 Å². The van der Waals surface area contributed by atoms with Crippen LogP contribution in [0.25, 0.3) is 0 Å². The highest BCUT2D eigenvalue weighted by Gasteiger charge is 2.60. The van der Waals surface area contributed by atoms with Crippen molar-refractivity contribution in [1.29, 1.82) is 0 Å². The number of hydrogen-bond donors (Lipinski definition) is 0. The van der Waals surface area contributed by atoms with E-state index in [1.165, 1.54) is 0 Å². The number of carbonyl (C=O) groups is 1. The molecular weight excluding hydrogens is 160 g/mol. The zero-order valence-electron chi connectivity index (χ0n) is 7.19. The van der Waals surface area contributed by atoms with Gasteiger partial charge >= 0.3 is 0 Å². The predicted octanol–water partition coefficient (Wildman–Crippen LogP) is 2.62. The minimum atomic E-state index is -0.0259. The van der Waals surface area contributed by atoms with Crippen molar-refractivity contribution in [2.45, 2.75) is 33.1 Å². The summed E-state index contributed by atoms with van der Waals surface area (Å²) < 4.78 is 0. The molecule has 0 radical (unpaired) electrons. The molecule has 0 aromatic rings. The summed E-state index contributed by atoms with van der Waals surface area (Å²) in [6.45, 7) is 4.30. The second-order valence-corrected chi connectivity index (χ2v) is 4.51. The van der Waals surface area contributed by atoms with Gasteiger partial charge in [0.05, 0.1) is 0 Å². The van der Waals surface area contributed by atoms with Gasteiger partial charge in [0.1, 0.15) is 6.29 Å². The van der Waals surface area contributed by atoms with Crippen molar-refractivity contribution in [2.24, 2.45) is 10.8 Å². The molecule has 0 spiro atoms. The van der Waals surface area contributed by atoms with Gasteiger partial charge in [-0.1, -0.05) is 13.8 Å². The van der Waals surface area contributed by atoms with E-state index in [-0.39, 0.29) is 10.8 Å². The number of hydrogen-bond acceptors (Lipinski definition) is 1. The SMILES string of the molecule is CC1(C)CC1(C=O)CCCCl. The van der Waals surface area contributed by atoms with Crippen LogP contribution in [0.4, 0.5) is 0 Å². The van der Waals surface area contributed by atoms with E-state index in [0.29, 0.717) is 5.88 Å². The molecule has 1 atom stereocenters. The van der Waals surface area contributed by atoms with Crippen molar-refractivity contribution < 1.29 is 4.79 Å². The van der Waals surface area contributed by atoms with Crippen LogP contribution in [0.1, 0.15) is 33.1 Å². The topological polar surface area (TPSA) is 17.1 Å². The summed E-state index contributed by atoms with van der Waals surface area (Å²) in [5, 5.41) is 0. The van der Waals surface area contributed by atoms with Gasteiger partial charge in [-0.2, -0.15) is 0 Å². The van der Waals surface area contributed by atoms with Gasteiger partial charge in [0.15, 0.2) is 0 Å². The van der Waals surface area contributed by atoms with Crippen LogP contribution >= 0.6 is 11.6 Å². The summed E-state index contributed by atoms with van der Waals surface area (Å²) in [6, 6.07) is 0. The fourth-order valence-electron chi connectivity index (χ4n) is 1.81. The Hall–Kier alpha value is -0.0400. The average molecular weight is 175 g/mol. The van der Waals surface area contributed by atoms with Crippen LogP contribution in [-0.4, -0.2) is 12.2 Å². The van der Waals surface area contributed by atoms with Gasteiger partial charge in [0.2, 0.25) is 0 Å². The standard InChI is InChI=1S/C9H15ClO/c1-8(2)6-9(8,7-11)4-3-5-10/h7H,3-6H2,1-2H3. The summed E-state index contributed by atoms with van der Waals surface area (Å²) in [4.78, 5) is 10.8. The summed E-state index contributed by atoms with van der Waals surface area (Å²) >= 11 is 5.57. The maximum absolute atomic E-state index is 10.8. The molecule has 1 nitrogen and oxygen atoms in total. The molecule has 11 heavy (non-hydrogen) atoms. The highest BCUT2D eigenvalue weighted by Crippen LogP contribution is 2.64. The van der Waals surface area contributed by atoms with Crippen LogP contribution in [0, 0.1) is 10.8 Å². The number of rotatable bonds is 4. The highest BCUT2D eigenvalue weighted by molar-refractivity contribution is 6.17. The lowest BCUT2D eigenvalue weighted by molar-refractivity contribution is -0.113. The minimum Gasteiger partial charge on any atom is -0.303 e. The Morgan fingerprint density at radius 3 is 2.36 bits per heavy atom. The Morgan fingerprint density at radius 1 is 1.55 bits per heavy atom. The number of carbonyl (C=O) groups excluding carboxylic acids is 1. The van der Waals surface area contributed by atoms with Crippen molar-refractivity contribution in [3.63, 3.8) is 0 Å². The Morgan fingerprint density at radius 2 is 2.09 bits per heavy atom. The first-order valence-corrected chi connectivity index (χ1v) is 4.64. The molecule has 0 aromatic carbocycles. The molecule has 0 aliphatic heterocycles. The van der Waals surface area contributed by atoms with Crippen molar-refractivity contribution in [2.75, 3.05) is 5.88 Å². The van der Waals surface area contributed by atoms with Crippen LogP contribution in [0.15, 0.2) is 0 Å². The second kappa shape index (κ2) is 2.78. The average Bonchev–Trinajstić information content (AvgIpc) is 2.50. The molecule has 0 saturated heterocycles. The van der Waals surface area contributed by atoms with E-state index in [4.69, 9.17) is 11.6 Å². The molecule has 1 unspecified atom stereocenters. The zero-order valence-corrected chi connectivity index (χ0v) is 7.95. The highest BCUT2D eigenvalue weighted by atomic mass is 35.5. The Bertz CT molecular complexity index is 165. The molecule has 0 N–H and O–H groups in total. The molecule has 2 heteroatoms. The van der Waals surface area contributed by atoms with Crippen molar-refractivity contribution >= 4 is 17.9 Å². The van der Waals surface area contributed by atoms with Crippen molar-refractivity contribution in [3.8, 4) is 0 Å². The minimum absolute atomic E-state index is 0.0259. The molecule has 0 bridgehead atoms. The summed E-state index contributed by atoms with van der Waals surface area (Å²) in [6.07, 6.45) is 4.09. The van der Waals surface area contributed by atoms with Gasteiger partial charge in [-0.25, -0.2) is 0 Å². The lowest BCUT2D eigenvalue weighted by atomic mass is 9.93. The molecule has 0 aromatic heterocycles. The summed E-state index contributed by atoms with van der Waals surface area (Å²) in [5.74, 6) is 0.672. The lowest BCUT2D eigenvalue weighted by Gasteiger charge is -2.11. The molecule has 1 saturated carbocycles. The van der Waals surface area contributed by atoms with Crippen LogP contribution in [0.5, 0.6) is 0 Å². The molecule has 1 aliphatic rings. The third kappa shape index (κ3) is 1.44. The second-order valence-electron chi connectivity index (χ2n) is 4.13. The number of halogens is 1. The predicted molar refractivity (Wildman–Crippen MR) is 46.8 cm³/mol. The van der Waals surface area contributed by atoms with Crippen LogP contribution in [0.2, 0.25) is 0 Å². The van der Waals surface area contributed by atoms with E-state index in [0.717, 1.165) is 25.5 Å². The Labute approximate surface area is 73.1 Å². The third-order valence-electron chi connectivity index (χ3n) is 2.96. The van der Waals surface area contributed by atoms with E-state index < -0.39 is 0 Å². The lowest BCUT2D eigenvalue weighted by Crippen LogP contribution is -2.10. The van der Waals surface area contributed by atoms with E-state index in [1.807, 2.05) is 0 Å². The summed E-state index contributed by atoms with van der Waals surface area (Å²) in [7, 11) is 0. The fourth-order valence-corrected chi connectivity index (χ4v) is 1.95. The van der Waals surface area contributed by atoms with Gasteiger partial charge in [-0.15, -0.1) is 11.6 Å². The molecule has 64 valence electrons. The van der Waals surface area contributed by atoms with Gasteiger partial charge in [-0.3, -0.25) is 0 Å². The first-order valence-electron chi connectivity index (χ1n) is 4.10. The van der Waals surface area contributed by atoms with Gasteiger partial charge in [-0.05, 0) is 24.7 Å². The molecule has 1 fully saturated rings. The maximum Gasteiger partial charge on any atom is 0.126 e. The quantitative estimate of drug-likeness (QED) is 0.473. The first-order chi connectivity index (χ1) is 5.08. The Balaban J connectivity index is 2.46. The fraction of sp³-hybridized carbons (Fsp3) is 0.889. The van der Waals surface area contributed by atoms with E-state index in [2.05, 4.69) is 13.8 Å². The largest absolute Gasteiger partial charge is 0.303 e. The Kier molecular flexibility index (Phi) is 2.29. The van der Waals surface area contributed by atoms with E-state index in [9.17, 15) is 4.79 Å². The molecule has 1 aliphatic carbocycles. The molecule has 0 amide bonds. The van der Waals surface area contributed by atoms with Gasteiger partial charge < -0.3 is 4.79 Å². The van der Waals surface area contributed by atoms with E-state index >= 15 is 0 Å². The van der Waals surface area contributed by atoms with E-state index in [1.54, 1.807) is 0 Å². The first kappa shape index (κ1) is 9.05. The third-order valence-corrected chi connectivity index (χ3v) is 3.23. The molecule has 0 heterocycles. The van der Waals surface area contributed by atoms with Crippen molar-refractivity contribution in [1.82, 2.24) is 0 Å².